The van der Waals surface area contributed by atoms with Crippen LogP contribution in [0.4, 0.5) is 5.69 Å². The van der Waals surface area contributed by atoms with Gasteiger partial charge in [0.15, 0.2) is 0 Å². The molecule has 0 amide bonds. The number of hydrogen-bond acceptors (Lipinski definition) is 2. The molecule has 2 heteroatoms. The van der Waals surface area contributed by atoms with Crippen LogP contribution in [0.3, 0.4) is 0 Å². The fourth-order valence-electron chi connectivity index (χ4n) is 1.91. The van der Waals surface area contributed by atoms with Crippen molar-refractivity contribution in [2.75, 3.05) is 11.4 Å². The molecule has 1 aromatic rings. The van der Waals surface area contributed by atoms with Crippen LogP contribution < -0.4 is 4.90 Å². The van der Waals surface area contributed by atoms with Crippen LogP contribution in [-0.4, -0.2) is 17.7 Å². The molecule has 0 aromatic heterocycles. The van der Waals surface area contributed by atoms with Crippen LogP contribution in [0, 0.1) is 0 Å². The first-order chi connectivity index (χ1) is 7.60. The van der Waals surface area contributed by atoms with Crippen molar-refractivity contribution < 1.29 is 5.11 Å². The minimum Gasteiger partial charge on any atom is -0.389 e. The van der Waals surface area contributed by atoms with Crippen LogP contribution in [0.2, 0.25) is 0 Å². The summed E-state index contributed by atoms with van der Waals surface area (Å²) in [6, 6.07) is 8.76. The summed E-state index contributed by atoms with van der Waals surface area (Å²) in [5, 5.41) is 9.45. The first-order valence-electron chi connectivity index (χ1n) is 6.14. The van der Waals surface area contributed by atoms with Gasteiger partial charge >= 0.3 is 0 Å². The molecule has 1 N–H and O–H groups in total. The lowest BCUT2D eigenvalue weighted by atomic mass is 10.1. The van der Waals surface area contributed by atoms with Crippen LogP contribution in [-0.2, 0) is 0 Å². The average Bonchev–Trinajstić information content (AvgIpc) is 2.30. The van der Waals surface area contributed by atoms with Gasteiger partial charge in [0.2, 0.25) is 0 Å². The third-order valence-electron chi connectivity index (χ3n) is 3.17. The summed E-state index contributed by atoms with van der Waals surface area (Å²) in [5.41, 5.74) is 2.21. The van der Waals surface area contributed by atoms with E-state index in [2.05, 4.69) is 37.8 Å². The number of benzene rings is 1. The van der Waals surface area contributed by atoms with Gasteiger partial charge in [-0.1, -0.05) is 19.1 Å². The molecule has 0 fully saturated rings. The summed E-state index contributed by atoms with van der Waals surface area (Å²) in [5.74, 6) is 0. The molecule has 0 bridgehead atoms. The van der Waals surface area contributed by atoms with Crippen LogP contribution in [0.15, 0.2) is 24.3 Å². The zero-order valence-corrected chi connectivity index (χ0v) is 10.8. The predicted octanol–water partition coefficient (Wildman–Crippen LogP) is 3.36. The molecule has 0 aliphatic heterocycles. The molecule has 1 rings (SSSR count). The molecule has 90 valence electrons. The highest BCUT2D eigenvalue weighted by Crippen LogP contribution is 2.21. The quantitative estimate of drug-likeness (QED) is 0.824. The minimum atomic E-state index is -0.382. The van der Waals surface area contributed by atoms with Crippen molar-refractivity contribution >= 4 is 5.69 Å². The zero-order chi connectivity index (χ0) is 12.1. The second-order valence-corrected chi connectivity index (χ2v) is 4.31. The molecule has 1 aromatic carbocycles. The molecular formula is C14H23NO. The predicted molar refractivity (Wildman–Crippen MR) is 69.8 cm³/mol. The lowest BCUT2D eigenvalue weighted by Crippen LogP contribution is -2.32. The highest BCUT2D eigenvalue weighted by Gasteiger charge is 2.11. The number of anilines is 1. The van der Waals surface area contributed by atoms with Crippen molar-refractivity contribution in [1.82, 2.24) is 0 Å². The van der Waals surface area contributed by atoms with Gasteiger partial charge in [0.25, 0.3) is 0 Å². The maximum absolute atomic E-state index is 9.45. The average molecular weight is 221 g/mol. The molecule has 16 heavy (non-hydrogen) atoms. The highest BCUT2D eigenvalue weighted by molar-refractivity contribution is 5.48. The zero-order valence-electron chi connectivity index (χ0n) is 10.8. The Balaban J connectivity index is 2.86. The van der Waals surface area contributed by atoms with Crippen molar-refractivity contribution in [2.45, 2.75) is 46.3 Å². The summed E-state index contributed by atoms with van der Waals surface area (Å²) in [6.07, 6.45) is 0.763. The molecule has 0 saturated heterocycles. The summed E-state index contributed by atoms with van der Waals surface area (Å²) in [7, 11) is 0. The van der Waals surface area contributed by atoms with Gasteiger partial charge < -0.3 is 10.0 Å². The third kappa shape index (κ3) is 2.99. The lowest BCUT2D eigenvalue weighted by molar-refractivity contribution is 0.199. The van der Waals surface area contributed by atoms with E-state index in [-0.39, 0.29) is 6.10 Å². The van der Waals surface area contributed by atoms with Crippen LogP contribution in [0.1, 0.15) is 45.8 Å². The number of hydrogen-bond donors (Lipinski definition) is 1. The van der Waals surface area contributed by atoms with Crippen molar-refractivity contribution in [1.29, 1.82) is 0 Å². The van der Waals surface area contributed by atoms with Gasteiger partial charge in [0.05, 0.1) is 6.10 Å². The number of aliphatic hydroxyl groups is 1. The molecule has 0 radical (unpaired) electrons. The third-order valence-corrected chi connectivity index (χ3v) is 3.17. The minimum absolute atomic E-state index is 0.382. The molecule has 2 atom stereocenters. The Morgan fingerprint density at radius 3 is 2.06 bits per heavy atom. The summed E-state index contributed by atoms with van der Waals surface area (Å²) >= 11 is 0. The SMILES string of the molecule is CCC(C)N(CC)c1ccc([C@H](C)O)cc1. The number of nitrogens with zero attached hydrogens (tertiary/aromatic N) is 1. The molecule has 0 saturated carbocycles. The topological polar surface area (TPSA) is 23.5 Å². The van der Waals surface area contributed by atoms with E-state index in [4.69, 9.17) is 0 Å². The molecule has 0 heterocycles. The second kappa shape index (κ2) is 5.90. The van der Waals surface area contributed by atoms with E-state index in [1.54, 1.807) is 6.92 Å². The first kappa shape index (κ1) is 13.0. The van der Waals surface area contributed by atoms with E-state index >= 15 is 0 Å². The normalized spacial score (nSPS) is 14.6. The monoisotopic (exact) mass is 221 g/mol. The molecule has 1 unspecified atom stereocenters. The maximum Gasteiger partial charge on any atom is 0.0761 e. The number of rotatable bonds is 5. The Morgan fingerprint density at radius 2 is 1.69 bits per heavy atom. The first-order valence-corrected chi connectivity index (χ1v) is 6.14. The van der Waals surface area contributed by atoms with E-state index < -0.39 is 0 Å². The molecular weight excluding hydrogens is 198 g/mol. The molecule has 2 nitrogen and oxygen atoms in total. The molecule has 0 aliphatic rings. The van der Waals surface area contributed by atoms with E-state index in [0.717, 1.165) is 18.5 Å². The Morgan fingerprint density at radius 1 is 1.12 bits per heavy atom. The highest BCUT2D eigenvalue weighted by atomic mass is 16.3. The molecule has 0 aliphatic carbocycles. The summed E-state index contributed by atoms with van der Waals surface area (Å²) in [6.45, 7) is 9.43. The van der Waals surface area contributed by atoms with Gasteiger partial charge in [0, 0.05) is 18.3 Å². The van der Waals surface area contributed by atoms with Crippen molar-refractivity contribution in [3.8, 4) is 0 Å². The van der Waals surface area contributed by atoms with Gasteiger partial charge in [-0.3, -0.25) is 0 Å². The fourth-order valence-corrected chi connectivity index (χ4v) is 1.91. The summed E-state index contributed by atoms with van der Waals surface area (Å²) in [4.78, 5) is 2.38. The van der Waals surface area contributed by atoms with E-state index in [1.165, 1.54) is 5.69 Å². The fraction of sp³-hybridized carbons (Fsp3) is 0.571. The van der Waals surface area contributed by atoms with Gasteiger partial charge in [-0.2, -0.15) is 0 Å². The van der Waals surface area contributed by atoms with Crippen molar-refractivity contribution in [3.05, 3.63) is 29.8 Å². The van der Waals surface area contributed by atoms with Gasteiger partial charge in [0.1, 0.15) is 0 Å². The van der Waals surface area contributed by atoms with Gasteiger partial charge in [-0.15, -0.1) is 0 Å². The Labute approximate surface area is 98.9 Å². The Hall–Kier alpha value is -1.02. The number of aliphatic hydroxyl groups excluding tert-OH is 1. The van der Waals surface area contributed by atoms with Crippen molar-refractivity contribution in [3.63, 3.8) is 0 Å². The maximum atomic E-state index is 9.45. The van der Waals surface area contributed by atoms with Crippen LogP contribution >= 0.6 is 0 Å². The molecule has 0 spiro atoms. The standard InChI is InChI=1S/C14H23NO/c1-5-11(3)15(6-2)14-9-7-13(8-10-14)12(4)16/h7-12,16H,5-6H2,1-4H3/t11?,12-/m0/s1. The summed E-state index contributed by atoms with van der Waals surface area (Å²) < 4.78 is 0. The van der Waals surface area contributed by atoms with Gasteiger partial charge in [-0.05, 0) is 44.9 Å². The lowest BCUT2D eigenvalue weighted by Gasteiger charge is -2.29. The van der Waals surface area contributed by atoms with Gasteiger partial charge in [-0.25, -0.2) is 0 Å². The largest absolute Gasteiger partial charge is 0.389 e. The Bertz CT molecular complexity index is 305. The van der Waals surface area contributed by atoms with E-state index in [0.29, 0.717) is 6.04 Å². The Kier molecular flexibility index (Phi) is 4.81. The second-order valence-electron chi connectivity index (χ2n) is 4.31. The van der Waals surface area contributed by atoms with Crippen LogP contribution in [0.5, 0.6) is 0 Å². The van der Waals surface area contributed by atoms with Crippen LogP contribution in [0.25, 0.3) is 0 Å². The van der Waals surface area contributed by atoms with E-state index in [1.807, 2.05) is 12.1 Å². The van der Waals surface area contributed by atoms with E-state index in [9.17, 15) is 5.11 Å². The smallest absolute Gasteiger partial charge is 0.0761 e. The van der Waals surface area contributed by atoms with Crippen molar-refractivity contribution in [2.24, 2.45) is 0 Å².